The lowest BCUT2D eigenvalue weighted by atomic mass is 10.1. The number of nitrogens with one attached hydrogen (secondary N) is 1. The van der Waals surface area contributed by atoms with Crippen molar-refractivity contribution >= 4 is 0 Å². The molecule has 2 rings (SSSR count). The standard InChI is InChI=1S/C16H30N4/c1-6-20-15(10-13(2)18-20)12-19-9-7-8-14(19)11-17-16(3,4)5/h10,14,17H,6-9,11-12H2,1-5H3. The lowest BCUT2D eigenvalue weighted by Crippen LogP contribution is -2.45. The molecule has 0 radical (unpaired) electrons. The van der Waals surface area contributed by atoms with E-state index in [0.29, 0.717) is 6.04 Å². The minimum atomic E-state index is 0.204. The van der Waals surface area contributed by atoms with E-state index < -0.39 is 0 Å². The molecule has 0 aliphatic carbocycles. The van der Waals surface area contributed by atoms with Gasteiger partial charge in [-0.1, -0.05) is 0 Å². The van der Waals surface area contributed by atoms with Gasteiger partial charge < -0.3 is 5.32 Å². The van der Waals surface area contributed by atoms with Gasteiger partial charge in [0.1, 0.15) is 0 Å². The molecule has 1 aliphatic heterocycles. The van der Waals surface area contributed by atoms with Crippen LogP contribution in [0.3, 0.4) is 0 Å². The van der Waals surface area contributed by atoms with Crippen LogP contribution in [0.2, 0.25) is 0 Å². The molecule has 0 saturated carbocycles. The number of hydrogen-bond acceptors (Lipinski definition) is 3. The van der Waals surface area contributed by atoms with Crippen LogP contribution in [0.15, 0.2) is 6.07 Å². The van der Waals surface area contributed by atoms with Crippen molar-refractivity contribution < 1.29 is 0 Å². The van der Waals surface area contributed by atoms with Gasteiger partial charge in [0, 0.05) is 31.2 Å². The first-order valence-electron chi connectivity index (χ1n) is 7.91. The lowest BCUT2D eigenvalue weighted by Gasteiger charge is -2.29. The summed E-state index contributed by atoms with van der Waals surface area (Å²) in [6.45, 7) is 15.3. The van der Waals surface area contributed by atoms with Crippen molar-refractivity contribution in [2.75, 3.05) is 13.1 Å². The molecule has 1 saturated heterocycles. The summed E-state index contributed by atoms with van der Waals surface area (Å²) in [5, 5.41) is 8.21. The summed E-state index contributed by atoms with van der Waals surface area (Å²) >= 11 is 0. The van der Waals surface area contributed by atoms with Gasteiger partial charge in [-0.15, -0.1) is 0 Å². The molecule has 114 valence electrons. The van der Waals surface area contributed by atoms with Gasteiger partial charge in [-0.3, -0.25) is 9.58 Å². The van der Waals surface area contributed by atoms with E-state index >= 15 is 0 Å². The van der Waals surface area contributed by atoms with Crippen molar-refractivity contribution in [1.82, 2.24) is 20.0 Å². The quantitative estimate of drug-likeness (QED) is 0.898. The van der Waals surface area contributed by atoms with Crippen LogP contribution in [-0.2, 0) is 13.1 Å². The fraction of sp³-hybridized carbons (Fsp3) is 0.812. The molecule has 1 fully saturated rings. The average Bonchev–Trinajstić information content (AvgIpc) is 2.93. The molecular weight excluding hydrogens is 248 g/mol. The molecule has 0 bridgehead atoms. The number of hydrogen-bond donors (Lipinski definition) is 1. The Kier molecular flexibility index (Phi) is 4.86. The van der Waals surface area contributed by atoms with Gasteiger partial charge in [0.2, 0.25) is 0 Å². The molecule has 0 spiro atoms. The summed E-state index contributed by atoms with van der Waals surface area (Å²) in [6, 6.07) is 2.89. The first-order chi connectivity index (χ1) is 9.39. The van der Waals surface area contributed by atoms with E-state index in [1.165, 1.54) is 25.1 Å². The molecule has 1 atom stereocenters. The Hall–Kier alpha value is -0.870. The van der Waals surface area contributed by atoms with Gasteiger partial charge >= 0.3 is 0 Å². The van der Waals surface area contributed by atoms with E-state index in [-0.39, 0.29) is 5.54 Å². The summed E-state index contributed by atoms with van der Waals surface area (Å²) in [7, 11) is 0. The summed E-state index contributed by atoms with van der Waals surface area (Å²) in [6.07, 6.45) is 2.62. The number of aromatic nitrogens is 2. The third-order valence-electron chi connectivity index (χ3n) is 4.02. The lowest BCUT2D eigenvalue weighted by molar-refractivity contribution is 0.220. The smallest absolute Gasteiger partial charge is 0.0597 e. The van der Waals surface area contributed by atoms with Crippen LogP contribution in [0.5, 0.6) is 0 Å². The third-order valence-corrected chi connectivity index (χ3v) is 4.02. The van der Waals surface area contributed by atoms with Crippen LogP contribution in [0.25, 0.3) is 0 Å². The van der Waals surface area contributed by atoms with E-state index in [0.717, 1.165) is 25.3 Å². The minimum Gasteiger partial charge on any atom is -0.311 e. The fourth-order valence-corrected chi connectivity index (χ4v) is 2.97. The molecule has 1 aromatic rings. The van der Waals surface area contributed by atoms with Crippen LogP contribution in [0.1, 0.15) is 51.9 Å². The van der Waals surface area contributed by atoms with E-state index in [1.54, 1.807) is 0 Å². The fourth-order valence-electron chi connectivity index (χ4n) is 2.97. The van der Waals surface area contributed by atoms with Gasteiger partial charge in [-0.2, -0.15) is 5.10 Å². The van der Waals surface area contributed by atoms with Crippen LogP contribution >= 0.6 is 0 Å². The maximum absolute atomic E-state index is 4.56. The maximum Gasteiger partial charge on any atom is 0.0597 e. The zero-order valence-corrected chi connectivity index (χ0v) is 13.7. The summed E-state index contributed by atoms with van der Waals surface area (Å²) in [4.78, 5) is 2.61. The second kappa shape index (κ2) is 6.27. The monoisotopic (exact) mass is 278 g/mol. The van der Waals surface area contributed by atoms with Gasteiger partial charge in [0.05, 0.1) is 11.4 Å². The molecule has 0 amide bonds. The molecule has 1 aromatic heterocycles. The number of nitrogens with zero attached hydrogens (tertiary/aromatic N) is 3. The Balaban J connectivity index is 1.97. The van der Waals surface area contributed by atoms with Gasteiger partial charge in [0.15, 0.2) is 0 Å². The van der Waals surface area contributed by atoms with Gasteiger partial charge in [-0.05, 0) is 60.1 Å². The normalized spacial score (nSPS) is 20.8. The van der Waals surface area contributed by atoms with Crippen molar-refractivity contribution in [3.05, 3.63) is 17.5 Å². The highest BCUT2D eigenvalue weighted by molar-refractivity contribution is 5.09. The number of aryl methyl sites for hydroxylation is 2. The Morgan fingerprint density at radius 1 is 1.40 bits per heavy atom. The summed E-state index contributed by atoms with van der Waals surface area (Å²) < 4.78 is 2.14. The maximum atomic E-state index is 4.56. The molecule has 4 heteroatoms. The Morgan fingerprint density at radius 2 is 2.15 bits per heavy atom. The van der Waals surface area contributed by atoms with Crippen LogP contribution in [0.4, 0.5) is 0 Å². The third kappa shape index (κ3) is 4.06. The van der Waals surface area contributed by atoms with Crippen molar-refractivity contribution in [1.29, 1.82) is 0 Å². The molecule has 0 aromatic carbocycles. The summed E-state index contributed by atoms with van der Waals surface area (Å²) in [5.74, 6) is 0. The molecule has 1 aliphatic rings. The predicted molar refractivity (Wildman–Crippen MR) is 83.8 cm³/mol. The number of likely N-dealkylation sites (tertiary alicyclic amines) is 1. The molecule has 20 heavy (non-hydrogen) atoms. The zero-order chi connectivity index (χ0) is 14.8. The summed E-state index contributed by atoms with van der Waals surface area (Å²) in [5.41, 5.74) is 2.69. The average molecular weight is 278 g/mol. The molecular formula is C16H30N4. The van der Waals surface area contributed by atoms with E-state index in [1.807, 2.05) is 0 Å². The van der Waals surface area contributed by atoms with Crippen molar-refractivity contribution in [2.45, 2.75) is 72.1 Å². The Labute approximate surface area is 123 Å². The van der Waals surface area contributed by atoms with Crippen molar-refractivity contribution in [2.24, 2.45) is 0 Å². The number of rotatable bonds is 5. The second-order valence-corrected chi connectivity index (χ2v) is 6.99. The zero-order valence-electron chi connectivity index (χ0n) is 13.7. The molecule has 4 nitrogen and oxygen atoms in total. The Morgan fingerprint density at radius 3 is 2.80 bits per heavy atom. The topological polar surface area (TPSA) is 33.1 Å². The highest BCUT2D eigenvalue weighted by Gasteiger charge is 2.26. The van der Waals surface area contributed by atoms with Crippen LogP contribution < -0.4 is 5.32 Å². The first kappa shape index (κ1) is 15.5. The highest BCUT2D eigenvalue weighted by atomic mass is 15.3. The van der Waals surface area contributed by atoms with Crippen LogP contribution in [0, 0.1) is 6.92 Å². The van der Waals surface area contributed by atoms with Crippen molar-refractivity contribution in [3.63, 3.8) is 0 Å². The van der Waals surface area contributed by atoms with E-state index in [9.17, 15) is 0 Å². The highest BCUT2D eigenvalue weighted by Crippen LogP contribution is 2.20. The van der Waals surface area contributed by atoms with E-state index in [4.69, 9.17) is 0 Å². The molecule has 1 N–H and O–H groups in total. The molecule has 1 unspecified atom stereocenters. The molecule has 2 heterocycles. The van der Waals surface area contributed by atoms with Gasteiger partial charge in [0.25, 0.3) is 0 Å². The minimum absolute atomic E-state index is 0.204. The van der Waals surface area contributed by atoms with Crippen LogP contribution in [-0.4, -0.2) is 39.4 Å². The largest absolute Gasteiger partial charge is 0.311 e. The first-order valence-corrected chi connectivity index (χ1v) is 7.91. The Bertz CT molecular complexity index is 430. The van der Waals surface area contributed by atoms with Crippen molar-refractivity contribution in [3.8, 4) is 0 Å². The SMILES string of the molecule is CCn1nc(C)cc1CN1CCCC1CNC(C)(C)C. The van der Waals surface area contributed by atoms with E-state index in [2.05, 4.69) is 60.7 Å². The second-order valence-electron chi connectivity index (χ2n) is 6.99. The predicted octanol–water partition coefficient (Wildman–Crippen LogP) is 2.56. The van der Waals surface area contributed by atoms with Gasteiger partial charge in [-0.25, -0.2) is 0 Å².